The molecule has 14 heavy (non-hydrogen) atoms. The lowest BCUT2D eigenvalue weighted by Gasteiger charge is -2.05. The van der Waals surface area contributed by atoms with Crippen LogP contribution in [0.2, 0.25) is 0 Å². The Balaban J connectivity index is 3.35. The largest absolute Gasteiger partial charge is 0.239 e. The lowest BCUT2D eigenvalue weighted by atomic mass is 10.1. The zero-order chi connectivity index (χ0) is 10.8. The first kappa shape index (κ1) is 11.4. The summed E-state index contributed by atoms with van der Waals surface area (Å²) < 4.78 is 22.8. The molecule has 0 saturated carbocycles. The van der Waals surface area contributed by atoms with Gasteiger partial charge in [0.1, 0.15) is 0 Å². The van der Waals surface area contributed by atoms with Crippen LogP contribution >= 0.6 is 15.9 Å². The lowest BCUT2D eigenvalue weighted by Crippen LogP contribution is -2.13. The molecule has 76 valence electrons. The summed E-state index contributed by atoms with van der Waals surface area (Å²) >= 11 is 3.21. The summed E-state index contributed by atoms with van der Waals surface area (Å²) in [6.07, 6.45) is 2.30. The number of hydrogen-bond donors (Lipinski definition) is 1. The van der Waals surface area contributed by atoms with Crippen LogP contribution in [0.3, 0.4) is 0 Å². The summed E-state index contributed by atoms with van der Waals surface area (Å²) in [4.78, 5) is 0.108. The van der Waals surface area contributed by atoms with Gasteiger partial charge in [0.25, 0.3) is 0 Å². The second-order valence-corrected chi connectivity index (χ2v) is 5.09. The van der Waals surface area contributed by atoms with Crippen molar-refractivity contribution in [3.8, 4) is 0 Å². The van der Waals surface area contributed by atoms with E-state index in [9.17, 15) is 8.42 Å². The van der Waals surface area contributed by atoms with Crippen molar-refractivity contribution in [2.45, 2.75) is 11.3 Å². The number of rotatable bonds is 3. The maximum Gasteiger partial charge on any atom is 0.239 e. The standard InChI is InChI=1S/C9H10BrNO2S/c1-2-4-7-5-3-6-8(9(7)10)14(11,12)13/h2-3,5-6H,1,4H2,(H2,11,12,13). The maximum atomic E-state index is 11.1. The van der Waals surface area contributed by atoms with Gasteiger partial charge >= 0.3 is 0 Å². The Labute approximate surface area is 91.8 Å². The van der Waals surface area contributed by atoms with Crippen molar-refractivity contribution >= 4 is 26.0 Å². The molecule has 1 rings (SSSR count). The summed E-state index contributed by atoms with van der Waals surface area (Å²) in [6, 6.07) is 4.94. The molecule has 1 aromatic carbocycles. The number of primary sulfonamides is 1. The molecule has 0 aliphatic heterocycles. The Bertz CT molecular complexity index is 454. The molecular formula is C9H10BrNO2S. The fraction of sp³-hybridized carbons (Fsp3) is 0.111. The molecule has 5 heteroatoms. The molecule has 0 spiro atoms. The number of sulfonamides is 1. The monoisotopic (exact) mass is 275 g/mol. The molecule has 0 bridgehead atoms. The summed E-state index contributed by atoms with van der Waals surface area (Å²) in [5, 5.41) is 5.04. The van der Waals surface area contributed by atoms with Crippen molar-refractivity contribution in [3.63, 3.8) is 0 Å². The highest BCUT2D eigenvalue weighted by molar-refractivity contribution is 9.10. The van der Waals surface area contributed by atoms with Crippen molar-refractivity contribution in [2.24, 2.45) is 5.14 Å². The molecule has 0 radical (unpaired) electrons. The summed E-state index contributed by atoms with van der Waals surface area (Å²) in [5.41, 5.74) is 0.853. The van der Waals surface area contributed by atoms with Crippen molar-refractivity contribution in [1.82, 2.24) is 0 Å². The Morgan fingerprint density at radius 2 is 2.14 bits per heavy atom. The average Bonchev–Trinajstić information content (AvgIpc) is 2.07. The van der Waals surface area contributed by atoms with Crippen molar-refractivity contribution in [3.05, 3.63) is 40.9 Å². The number of allylic oxidation sites excluding steroid dienone is 1. The van der Waals surface area contributed by atoms with Gasteiger partial charge in [-0.1, -0.05) is 18.2 Å². The van der Waals surface area contributed by atoms with Crippen LogP contribution in [0.4, 0.5) is 0 Å². The quantitative estimate of drug-likeness (QED) is 0.856. The van der Waals surface area contributed by atoms with E-state index in [1.54, 1.807) is 12.1 Å². The first-order valence-electron chi connectivity index (χ1n) is 3.88. The molecule has 2 N–H and O–H groups in total. The highest BCUT2D eigenvalue weighted by Crippen LogP contribution is 2.25. The predicted octanol–water partition coefficient (Wildman–Crippen LogP) is 1.83. The Kier molecular flexibility index (Phi) is 3.47. The Morgan fingerprint density at radius 1 is 1.50 bits per heavy atom. The Morgan fingerprint density at radius 3 is 2.64 bits per heavy atom. The summed E-state index contributed by atoms with van der Waals surface area (Å²) in [5.74, 6) is 0. The zero-order valence-corrected chi connectivity index (χ0v) is 9.81. The zero-order valence-electron chi connectivity index (χ0n) is 7.40. The molecular weight excluding hydrogens is 266 g/mol. The average molecular weight is 276 g/mol. The van der Waals surface area contributed by atoms with E-state index in [4.69, 9.17) is 5.14 Å². The summed E-state index contributed by atoms with van der Waals surface area (Å²) in [6.45, 7) is 3.59. The van der Waals surface area contributed by atoms with Gasteiger partial charge in [-0.25, -0.2) is 13.6 Å². The lowest BCUT2D eigenvalue weighted by molar-refractivity contribution is 0.597. The predicted molar refractivity (Wildman–Crippen MR) is 59.4 cm³/mol. The maximum absolute atomic E-state index is 11.1. The van der Waals surface area contributed by atoms with Crippen LogP contribution in [0.15, 0.2) is 40.2 Å². The van der Waals surface area contributed by atoms with Crippen LogP contribution in [-0.2, 0) is 16.4 Å². The smallest absolute Gasteiger partial charge is 0.225 e. The highest BCUT2D eigenvalue weighted by atomic mass is 79.9. The summed E-state index contributed by atoms with van der Waals surface area (Å²) in [7, 11) is -3.66. The van der Waals surface area contributed by atoms with Gasteiger partial charge in [0.2, 0.25) is 10.0 Å². The van der Waals surface area contributed by atoms with Crippen molar-refractivity contribution in [2.75, 3.05) is 0 Å². The van der Waals surface area contributed by atoms with Crippen LogP contribution in [0, 0.1) is 0 Å². The van der Waals surface area contributed by atoms with E-state index in [1.165, 1.54) is 6.07 Å². The van der Waals surface area contributed by atoms with Gasteiger partial charge in [0.05, 0.1) is 4.90 Å². The first-order valence-corrected chi connectivity index (χ1v) is 6.22. The molecule has 0 amide bonds. The van der Waals surface area contributed by atoms with Gasteiger partial charge in [-0.15, -0.1) is 6.58 Å². The second-order valence-electron chi connectivity index (χ2n) is 2.77. The minimum absolute atomic E-state index is 0.108. The van der Waals surface area contributed by atoms with E-state index in [0.717, 1.165) is 5.56 Å². The first-order chi connectivity index (χ1) is 6.46. The third kappa shape index (κ3) is 2.43. The number of hydrogen-bond acceptors (Lipinski definition) is 2. The normalized spacial score (nSPS) is 11.3. The van der Waals surface area contributed by atoms with Gasteiger partial charge in [-0.3, -0.25) is 0 Å². The highest BCUT2D eigenvalue weighted by Gasteiger charge is 2.13. The van der Waals surface area contributed by atoms with Gasteiger partial charge in [0, 0.05) is 4.47 Å². The van der Waals surface area contributed by atoms with Crippen LogP contribution in [-0.4, -0.2) is 8.42 Å². The van der Waals surface area contributed by atoms with Gasteiger partial charge in [-0.2, -0.15) is 0 Å². The van der Waals surface area contributed by atoms with E-state index in [2.05, 4.69) is 22.5 Å². The van der Waals surface area contributed by atoms with Crippen molar-refractivity contribution < 1.29 is 8.42 Å². The SMILES string of the molecule is C=CCc1cccc(S(N)(=O)=O)c1Br. The molecule has 3 nitrogen and oxygen atoms in total. The molecule has 0 aromatic heterocycles. The van der Waals surface area contributed by atoms with E-state index in [1.807, 2.05) is 6.07 Å². The third-order valence-corrected chi connectivity index (χ3v) is 3.87. The molecule has 0 heterocycles. The number of halogens is 1. The minimum atomic E-state index is -3.66. The van der Waals surface area contributed by atoms with E-state index >= 15 is 0 Å². The molecule has 0 fully saturated rings. The van der Waals surface area contributed by atoms with Gasteiger partial charge in [0.15, 0.2) is 0 Å². The van der Waals surface area contributed by atoms with E-state index < -0.39 is 10.0 Å². The van der Waals surface area contributed by atoms with Crippen LogP contribution in [0.25, 0.3) is 0 Å². The second kappa shape index (κ2) is 4.25. The molecule has 0 unspecified atom stereocenters. The molecule has 0 aliphatic rings. The van der Waals surface area contributed by atoms with Crippen LogP contribution < -0.4 is 5.14 Å². The fourth-order valence-corrected chi connectivity index (χ4v) is 2.84. The van der Waals surface area contributed by atoms with Gasteiger partial charge in [-0.05, 0) is 34.0 Å². The fourth-order valence-electron chi connectivity index (χ4n) is 1.09. The molecule has 0 saturated heterocycles. The van der Waals surface area contributed by atoms with Gasteiger partial charge < -0.3 is 0 Å². The van der Waals surface area contributed by atoms with Crippen molar-refractivity contribution in [1.29, 1.82) is 0 Å². The topological polar surface area (TPSA) is 60.2 Å². The molecule has 1 aromatic rings. The van der Waals surface area contributed by atoms with Crippen LogP contribution in [0.1, 0.15) is 5.56 Å². The molecule has 0 atom stereocenters. The number of nitrogens with two attached hydrogens (primary N) is 1. The third-order valence-electron chi connectivity index (χ3n) is 1.71. The minimum Gasteiger partial charge on any atom is -0.225 e. The van der Waals surface area contributed by atoms with E-state index in [-0.39, 0.29) is 4.90 Å². The van der Waals surface area contributed by atoms with Crippen LogP contribution in [0.5, 0.6) is 0 Å². The number of benzene rings is 1. The Hall–Kier alpha value is -0.650. The van der Waals surface area contributed by atoms with E-state index in [0.29, 0.717) is 10.9 Å². The molecule has 0 aliphatic carbocycles.